The third-order valence-electron chi connectivity index (χ3n) is 3.90. The highest BCUT2D eigenvalue weighted by Gasteiger charge is 2.26. The molecule has 0 aromatic heterocycles. The fourth-order valence-corrected chi connectivity index (χ4v) is 2.89. The number of rotatable bonds is 6. The maximum atomic E-state index is 9.97. The van der Waals surface area contributed by atoms with Gasteiger partial charge >= 0.3 is 0 Å². The lowest BCUT2D eigenvalue weighted by atomic mass is 9.94. The fourth-order valence-electron chi connectivity index (χ4n) is 2.63. The van der Waals surface area contributed by atoms with Gasteiger partial charge in [0.05, 0.1) is 17.7 Å². The SMILES string of the molecule is CCCOc1ccc(CN2CC[C@H](CO)[C@@H](O)C2)cc1Cl. The first-order chi connectivity index (χ1) is 10.1. The van der Waals surface area contributed by atoms with Crippen molar-refractivity contribution in [2.75, 3.05) is 26.3 Å². The second-order valence-electron chi connectivity index (χ2n) is 5.65. The first kappa shape index (κ1) is 16.6. The van der Waals surface area contributed by atoms with Gasteiger partial charge in [0.1, 0.15) is 5.75 Å². The normalized spacial score (nSPS) is 23.2. The summed E-state index contributed by atoms with van der Waals surface area (Å²) in [6, 6.07) is 5.85. The lowest BCUT2D eigenvalue weighted by Gasteiger charge is -2.35. The summed E-state index contributed by atoms with van der Waals surface area (Å²) in [5, 5.41) is 19.8. The van der Waals surface area contributed by atoms with Crippen molar-refractivity contribution in [1.29, 1.82) is 0 Å². The number of hydrogen-bond donors (Lipinski definition) is 2. The zero-order valence-corrected chi connectivity index (χ0v) is 13.2. The Hall–Kier alpha value is -0.810. The van der Waals surface area contributed by atoms with Crippen molar-refractivity contribution in [2.24, 2.45) is 5.92 Å². The van der Waals surface area contributed by atoms with Gasteiger partial charge in [0.2, 0.25) is 0 Å². The van der Waals surface area contributed by atoms with Crippen LogP contribution < -0.4 is 4.74 Å². The predicted octanol–water partition coefficient (Wildman–Crippen LogP) is 2.30. The van der Waals surface area contributed by atoms with Gasteiger partial charge in [0.25, 0.3) is 0 Å². The molecule has 0 saturated carbocycles. The van der Waals surface area contributed by atoms with Crippen LogP contribution in [0.25, 0.3) is 0 Å². The largest absolute Gasteiger partial charge is 0.492 e. The predicted molar refractivity (Wildman–Crippen MR) is 83.7 cm³/mol. The van der Waals surface area contributed by atoms with E-state index in [9.17, 15) is 5.11 Å². The molecule has 1 fully saturated rings. The van der Waals surface area contributed by atoms with E-state index in [1.54, 1.807) is 0 Å². The number of piperidine rings is 1. The molecule has 0 aliphatic carbocycles. The molecule has 1 aliphatic rings. The van der Waals surface area contributed by atoms with Gasteiger partial charge in [-0.05, 0) is 37.1 Å². The van der Waals surface area contributed by atoms with Gasteiger partial charge in [-0.3, -0.25) is 4.90 Å². The molecule has 0 radical (unpaired) electrons. The van der Waals surface area contributed by atoms with Gasteiger partial charge in [-0.25, -0.2) is 0 Å². The van der Waals surface area contributed by atoms with E-state index in [1.165, 1.54) is 0 Å². The van der Waals surface area contributed by atoms with E-state index < -0.39 is 6.10 Å². The molecule has 0 amide bonds. The number of likely N-dealkylation sites (tertiary alicyclic amines) is 1. The molecule has 0 unspecified atom stereocenters. The molecule has 1 aromatic carbocycles. The topological polar surface area (TPSA) is 52.9 Å². The van der Waals surface area contributed by atoms with Crippen LogP contribution in [0.5, 0.6) is 5.75 Å². The summed E-state index contributed by atoms with van der Waals surface area (Å²) in [5.41, 5.74) is 1.11. The summed E-state index contributed by atoms with van der Waals surface area (Å²) in [7, 11) is 0. The third-order valence-corrected chi connectivity index (χ3v) is 4.20. The van der Waals surface area contributed by atoms with Crippen LogP contribution in [-0.2, 0) is 6.54 Å². The van der Waals surface area contributed by atoms with Gasteiger partial charge in [0, 0.05) is 25.6 Å². The minimum atomic E-state index is -0.452. The molecule has 2 rings (SSSR count). The maximum absolute atomic E-state index is 9.97. The second-order valence-corrected chi connectivity index (χ2v) is 6.05. The molecular weight excluding hydrogens is 290 g/mol. The van der Waals surface area contributed by atoms with Gasteiger partial charge in [-0.1, -0.05) is 24.6 Å². The van der Waals surface area contributed by atoms with Gasteiger partial charge < -0.3 is 14.9 Å². The molecule has 4 nitrogen and oxygen atoms in total. The van der Waals surface area contributed by atoms with E-state index in [-0.39, 0.29) is 12.5 Å². The number of nitrogens with zero attached hydrogens (tertiary/aromatic N) is 1. The minimum absolute atomic E-state index is 0.00894. The van der Waals surface area contributed by atoms with Crippen LogP contribution in [0.1, 0.15) is 25.3 Å². The molecule has 21 heavy (non-hydrogen) atoms. The van der Waals surface area contributed by atoms with Crippen LogP contribution in [0, 0.1) is 5.92 Å². The Bertz CT molecular complexity index is 455. The number of aliphatic hydroxyl groups is 2. The molecule has 1 aromatic rings. The van der Waals surface area contributed by atoms with Crippen molar-refractivity contribution < 1.29 is 14.9 Å². The highest BCUT2D eigenvalue weighted by Crippen LogP contribution is 2.27. The number of benzene rings is 1. The van der Waals surface area contributed by atoms with Crippen molar-refractivity contribution >= 4 is 11.6 Å². The van der Waals surface area contributed by atoms with E-state index in [2.05, 4.69) is 11.8 Å². The van der Waals surface area contributed by atoms with Crippen molar-refractivity contribution in [3.05, 3.63) is 28.8 Å². The van der Waals surface area contributed by atoms with Crippen molar-refractivity contribution in [2.45, 2.75) is 32.4 Å². The number of halogens is 1. The third kappa shape index (κ3) is 4.58. The zero-order chi connectivity index (χ0) is 15.2. The number of ether oxygens (including phenoxy) is 1. The van der Waals surface area contributed by atoms with Crippen molar-refractivity contribution in [1.82, 2.24) is 4.90 Å². The van der Waals surface area contributed by atoms with Crippen LogP contribution in [-0.4, -0.2) is 47.5 Å². The van der Waals surface area contributed by atoms with Crippen molar-refractivity contribution in [3.8, 4) is 5.75 Å². The molecule has 0 bridgehead atoms. The van der Waals surface area contributed by atoms with Gasteiger partial charge in [-0.15, -0.1) is 0 Å². The highest BCUT2D eigenvalue weighted by atomic mass is 35.5. The minimum Gasteiger partial charge on any atom is -0.492 e. The van der Waals surface area contributed by atoms with Crippen LogP contribution in [0.4, 0.5) is 0 Å². The molecular formula is C16H24ClNO3. The number of β-amino-alcohol motifs (C(OH)–C–C–N with tert-alkyl or cyclic N) is 1. The average Bonchev–Trinajstić information content (AvgIpc) is 2.47. The van der Waals surface area contributed by atoms with Gasteiger partial charge in [0.15, 0.2) is 0 Å². The Morgan fingerprint density at radius 1 is 1.43 bits per heavy atom. The van der Waals surface area contributed by atoms with E-state index in [1.807, 2.05) is 18.2 Å². The fraction of sp³-hybridized carbons (Fsp3) is 0.625. The number of hydrogen-bond acceptors (Lipinski definition) is 4. The molecule has 1 heterocycles. The molecule has 1 aliphatic heterocycles. The highest BCUT2D eigenvalue weighted by molar-refractivity contribution is 6.32. The first-order valence-electron chi connectivity index (χ1n) is 7.56. The monoisotopic (exact) mass is 313 g/mol. The van der Waals surface area contributed by atoms with E-state index in [4.69, 9.17) is 21.4 Å². The standard InChI is InChI=1S/C16H24ClNO3/c1-2-7-21-16-4-3-12(8-14(16)17)9-18-6-5-13(11-19)15(20)10-18/h3-4,8,13,15,19-20H,2,5-7,9-11H2,1H3/t13-,15+/m1/s1. The summed E-state index contributed by atoms with van der Waals surface area (Å²) in [6.07, 6.45) is 1.32. The molecule has 2 N–H and O–H groups in total. The molecule has 1 saturated heterocycles. The van der Waals surface area contributed by atoms with Crippen LogP contribution in [0.2, 0.25) is 5.02 Å². The summed E-state index contributed by atoms with van der Waals surface area (Å²) >= 11 is 6.23. The Balaban J connectivity index is 1.93. The second kappa shape index (κ2) is 7.99. The summed E-state index contributed by atoms with van der Waals surface area (Å²) in [5.74, 6) is 0.732. The average molecular weight is 314 g/mol. The maximum Gasteiger partial charge on any atom is 0.137 e. The molecule has 2 atom stereocenters. The molecule has 0 spiro atoms. The van der Waals surface area contributed by atoms with E-state index in [0.29, 0.717) is 18.2 Å². The summed E-state index contributed by atoms with van der Waals surface area (Å²) < 4.78 is 5.56. The van der Waals surface area contributed by atoms with Crippen LogP contribution in [0.3, 0.4) is 0 Å². The Labute approximate surface area is 131 Å². The Kier molecular flexibility index (Phi) is 6.30. The van der Waals surface area contributed by atoms with E-state index in [0.717, 1.165) is 37.2 Å². The molecule has 118 valence electrons. The smallest absolute Gasteiger partial charge is 0.137 e. The van der Waals surface area contributed by atoms with Crippen LogP contribution in [0.15, 0.2) is 18.2 Å². The summed E-state index contributed by atoms with van der Waals surface area (Å²) in [4.78, 5) is 2.19. The van der Waals surface area contributed by atoms with Crippen molar-refractivity contribution in [3.63, 3.8) is 0 Å². The zero-order valence-electron chi connectivity index (χ0n) is 12.5. The lowest BCUT2D eigenvalue weighted by molar-refractivity contribution is -0.00444. The molecule has 5 heteroatoms. The van der Waals surface area contributed by atoms with Crippen LogP contribution >= 0.6 is 11.6 Å². The van der Waals surface area contributed by atoms with E-state index >= 15 is 0 Å². The number of aliphatic hydroxyl groups excluding tert-OH is 2. The van der Waals surface area contributed by atoms with Gasteiger partial charge in [-0.2, -0.15) is 0 Å². The Morgan fingerprint density at radius 3 is 2.86 bits per heavy atom. The summed E-state index contributed by atoms with van der Waals surface area (Å²) in [6.45, 7) is 5.02. The lowest BCUT2D eigenvalue weighted by Crippen LogP contribution is -2.44. The quantitative estimate of drug-likeness (QED) is 0.846. The first-order valence-corrected chi connectivity index (χ1v) is 7.94. The Morgan fingerprint density at radius 2 is 2.24 bits per heavy atom.